The first-order chi connectivity index (χ1) is 8.25. The van der Waals surface area contributed by atoms with Gasteiger partial charge in [0.2, 0.25) is 0 Å². The molecule has 3 rings (SSSR count). The van der Waals surface area contributed by atoms with Gasteiger partial charge in [0.25, 0.3) is 0 Å². The first-order valence-corrected chi connectivity index (χ1v) is 5.20. The lowest BCUT2D eigenvalue weighted by Gasteiger charge is -2.03. The van der Waals surface area contributed by atoms with E-state index in [9.17, 15) is 0 Å². The summed E-state index contributed by atoms with van der Waals surface area (Å²) in [7, 11) is 0. The van der Waals surface area contributed by atoms with Gasteiger partial charge in [-0.25, -0.2) is 4.98 Å². The van der Waals surface area contributed by atoms with Crippen LogP contribution in [0.15, 0.2) is 36.5 Å². The van der Waals surface area contributed by atoms with Crippen molar-refractivity contribution in [3.05, 3.63) is 36.5 Å². The highest BCUT2D eigenvalue weighted by Gasteiger charge is 2.09. The second kappa shape index (κ2) is 3.48. The molecule has 0 spiro atoms. The average Bonchev–Trinajstić information content (AvgIpc) is 2.73. The second-order valence-electron chi connectivity index (χ2n) is 3.81. The quantitative estimate of drug-likeness (QED) is 0.550. The molecule has 0 radical (unpaired) electrons. The molecule has 1 aromatic carbocycles. The average molecular weight is 225 g/mol. The van der Waals surface area contributed by atoms with E-state index in [-0.39, 0.29) is 0 Å². The van der Waals surface area contributed by atoms with Crippen LogP contribution in [0.2, 0.25) is 0 Å². The molecule has 0 atom stereocenters. The van der Waals surface area contributed by atoms with Crippen molar-refractivity contribution in [2.24, 2.45) is 0 Å². The Morgan fingerprint density at radius 3 is 2.53 bits per heavy atom. The van der Waals surface area contributed by atoms with Gasteiger partial charge in [-0.05, 0) is 29.3 Å². The molecule has 5 nitrogen and oxygen atoms in total. The summed E-state index contributed by atoms with van der Waals surface area (Å²) >= 11 is 0. The highest BCUT2D eigenvalue weighted by molar-refractivity contribution is 5.99. The van der Waals surface area contributed by atoms with Gasteiger partial charge in [0, 0.05) is 11.9 Å². The monoisotopic (exact) mass is 225 g/mol. The molecule has 5 N–H and O–H groups in total. The van der Waals surface area contributed by atoms with Gasteiger partial charge in [0.15, 0.2) is 11.5 Å². The Hall–Kier alpha value is -2.56. The topological polar surface area (TPSA) is 93.6 Å². The van der Waals surface area contributed by atoms with E-state index >= 15 is 0 Å². The van der Waals surface area contributed by atoms with E-state index in [4.69, 9.17) is 11.5 Å². The van der Waals surface area contributed by atoms with Crippen LogP contribution in [0.4, 0.5) is 11.5 Å². The third-order valence-electron chi connectivity index (χ3n) is 2.71. The molecule has 0 aliphatic rings. The zero-order valence-corrected chi connectivity index (χ0v) is 9.01. The van der Waals surface area contributed by atoms with Crippen molar-refractivity contribution in [1.82, 2.24) is 15.2 Å². The van der Waals surface area contributed by atoms with E-state index in [2.05, 4.69) is 15.2 Å². The Labute approximate surface area is 97.5 Å². The number of aromatic nitrogens is 3. The van der Waals surface area contributed by atoms with Crippen LogP contribution in [0, 0.1) is 0 Å². The first kappa shape index (κ1) is 9.65. The smallest absolute Gasteiger partial charge is 0.157 e. The summed E-state index contributed by atoms with van der Waals surface area (Å²) in [6.45, 7) is 0. The lowest BCUT2D eigenvalue weighted by atomic mass is 10.0. The lowest BCUT2D eigenvalue weighted by molar-refractivity contribution is 1.10. The van der Waals surface area contributed by atoms with Crippen LogP contribution in [-0.4, -0.2) is 15.2 Å². The van der Waals surface area contributed by atoms with Crippen LogP contribution in [0.3, 0.4) is 0 Å². The van der Waals surface area contributed by atoms with Crippen LogP contribution in [0.1, 0.15) is 0 Å². The number of rotatable bonds is 1. The maximum atomic E-state index is 5.84. The maximum absolute atomic E-state index is 5.84. The van der Waals surface area contributed by atoms with Crippen molar-refractivity contribution in [2.75, 3.05) is 11.5 Å². The molecule has 17 heavy (non-hydrogen) atoms. The van der Waals surface area contributed by atoms with Crippen LogP contribution in [0.25, 0.3) is 22.2 Å². The van der Waals surface area contributed by atoms with E-state index in [1.54, 1.807) is 6.20 Å². The number of aromatic amines is 1. The van der Waals surface area contributed by atoms with E-state index in [1.165, 1.54) is 0 Å². The normalized spacial score (nSPS) is 10.8. The zero-order valence-electron chi connectivity index (χ0n) is 9.01. The Kier molecular flexibility index (Phi) is 1.98. The standard InChI is InChI=1S/C12H11N5/c13-8-3-1-7(2-4-8)9-5-6-15-12-10(9)11(14)16-17-12/h1-6H,13H2,(H3,14,15,16,17). The number of nitrogens with one attached hydrogen (secondary N) is 1. The first-order valence-electron chi connectivity index (χ1n) is 5.20. The Morgan fingerprint density at radius 2 is 1.76 bits per heavy atom. The molecule has 0 aliphatic heterocycles. The predicted octanol–water partition coefficient (Wildman–Crippen LogP) is 1.79. The fraction of sp³-hybridized carbons (Fsp3) is 0. The Morgan fingerprint density at radius 1 is 1.00 bits per heavy atom. The van der Waals surface area contributed by atoms with Crippen LogP contribution >= 0.6 is 0 Å². The number of fused-ring (bicyclic) bond motifs is 1. The van der Waals surface area contributed by atoms with Gasteiger partial charge in [-0.2, -0.15) is 5.10 Å². The summed E-state index contributed by atoms with van der Waals surface area (Å²) in [6.07, 6.45) is 1.73. The highest BCUT2D eigenvalue weighted by Crippen LogP contribution is 2.30. The molecule has 5 heteroatoms. The molecule has 2 heterocycles. The second-order valence-corrected chi connectivity index (χ2v) is 3.81. The van der Waals surface area contributed by atoms with Gasteiger partial charge in [-0.3, -0.25) is 5.10 Å². The number of benzene rings is 1. The van der Waals surface area contributed by atoms with Crippen LogP contribution in [0.5, 0.6) is 0 Å². The number of pyridine rings is 1. The molecule has 0 unspecified atom stereocenters. The summed E-state index contributed by atoms with van der Waals surface area (Å²) in [5.74, 6) is 0.458. The Bertz CT molecular complexity index is 669. The molecular formula is C12H11N5. The predicted molar refractivity (Wildman–Crippen MR) is 68.1 cm³/mol. The molecule has 0 bridgehead atoms. The van der Waals surface area contributed by atoms with Crippen molar-refractivity contribution < 1.29 is 0 Å². The zero-order chi connectivity index (χ0) is 11.8. The molecule has 3 aromatic rings. The molecule has 0 aliphatic carbocycles. The fourth-order valence-corrected chi connectivity index (χ4v) is 1.88. The van der Waals surface area contributed by atoms with E-state index in [0.29, 0.717) is 11.5 Å². The number of anilines is 2. The molecule has 84 valence electrons. The van der Waals surface area contributed by atoms with Crippen molar-refractivity contribution in [1.29, 1.82) is 0 Å². The number of hydrogen-bond acceptors (Lipinski definition) is 4. The van der Waals surface area contributed by atoms with E-state index in [1.807, 2.05) is 30.3 Å². The maximum Gasteiger partial charge on any atom is 0.157 e. The van der Waals surface area contributed by atoms with Crippen molar-refractivity contribution >= 4 is 22.5 Å². The van der Waals surface area contributed by atoms with Crippen molar-refractivity contribution in [3.63, 3.8) is 0 Å². The van der Waals surface area contributed by atoms with Gasteiger partial charge in [0.1, 0.15) is 0 Å². The summed E-state index contributed by atoms with van der Waals surface area (Å²) in [4.78, 5) is 4.18. The van der Waals surface area contributed by atoms with Gasteiger partial charge in [-0.1, -0.05) is 12.1 Å². The van der Waals surface area contributed by atoms with Crippen molar-refractivity contribution in [3.8, 4) is 11.1 Å². The van der Waals surface area contributed by atoms with Crippen molar-refractivity contribution in [2.45, 2.75) is 0 Å². The molecular weight excluding hydrogens is 214 g/mol. The molecule has 0 saturated carbocycles. The molecule has 0 amide bonds. The molecule has 0 saturated heterocycles. The van der Waals surface area contributed by atoms with Crippen LogP contribution < -0.4 is 11.5 Å². The number of H-pyrrole nitrogens is 1. The Balaban J connectivity index is 2.29. The summed E-state index contributed by atoms with van der Waals surface area (Å²) < 4.78 is 0. The van der Waals surface area contributed by atoms with Gasteiger partial charge < -0.3 is 11.5 Å². The number of nitrogens with zero attached hydrogens (tertiary/aromatic N) is 2. The largest absolute Gasteiger partial charge is 0.399 e. The lowest BCUT2D eigenvalue weighted by Crippen LogP contribution is -1.88. The van der Waals surface area contributed by atoms with Crippen LogP contribution in [-0.2, 0) is 0 Å². The molecule has 2 aromatic heterocycles. The number of hydrogen-bond donors (Lipinski definition) is 3. The minimum Gasteiger partial charge on any atom is -0.399 e. The minimum absolute atomic E-state index is 0.458. The summed E-state index contributed by atoms with van der Waals surface area (Å²) in [5, 5.41) is 7.61. The minimum atomic E-state index is 0.458. The van der Waals surface area contributed by atoms with E-state index in [0.717, 1.165) is 22.2 Å². The molecule has 0 fully saturated rings. The van der Waals surface area contributed by atoms with E-state index < -0.39 is 0 Å². The number of nitrogens with two attached hydrogens (primary N) is 2. The number of nitrogen functional groups attached to an aromatic ring is 2. The SMILES string of the molecule is Nc1ccc(-c2ccnc3[nH]nc(N)c23)cc1. The third-order valence-corrected chi connectivity index (χ3v) is 2.71. The summed E-state index contributed by atoms with van der Waals surface area (Å²) in [5.41, 5.74) is 15.0. The van der Waals surface area contributed by atoms with Gasteiger partial charge >= 0.3 is 0 Å². The third kappa shape index (κ3) is 1.48. The summed E-state index contributed by atoms with van der Waals surface area (Å²) in [6, 6.07) is 9.54. The highest BCUT2D eigenvalue weighted by atomic mass is 15.2. The van der Waals surface area contributed by atoms with Gasteiger partial charge in [-0.15, -0.1) is 0 Å². The van der Waals surface area contributed by atoms with Gasteiger partial charge in [0.05, 0.1) is 5.39 Å². The fourth-order valence-electron chi connectivity index (χ4n) is 1.88.